The number of amides is 2. The van der Waals surface area contributed by atoms with Crippen molar-refractivity contribution in [1.82, 2.24) is 10.6 Å². The third kappa shape index (κ3) is 4.61. The fraction of sp³-hybridized carbons (Fsp3) is 0.818. The van der Waals surface area contributed by atoms with E-state index < -0.39 is 6.10 Å². The van der Waals surface area contributed by atoms with Gasteiger partial charge in [0.25, 0.3) is 0 Å². The van der Waals surface area contributed by atoms with Gasteiger partial charge in [-0.05, 0) is 12.8 Å². The zero-order chi connectivity index (χ0) is 12.0. The molecule has 0 aromatic heterocycles. The van der Waals surface area contributed by atoms with E-state index in [4.69, 9.17) is 0 Å². The molecule has 0 aliphatic heterocycles. The van der Waals surface area contributed by atoms with Crippen LogP contribution >= 0.6 is 0 Å². The second-order valence-electron chi connectivity index (χ2n) is 4.26. The van der Waals surface area contributed by atoms with Crippen LogP contribution in [0.3, 0.4) is 0 Å². The van der Waals surface area contributed by atoms with Gasteiger partial charge in [0.05, 0.1) is 12.1 Å². The van der Waals surface area contributed by atoms with E-state index in [1.807, 2.05) is 0 Å². The first-order chi connectivity index (χ1) is 7.59. The molecule has 5 nitrogen and oxygen atoms in total. The van der Waals surface area contributed by atoms with Crippen LogP contribution in [0.4, 0.5) is 0 Å². The Kier molecular flexibility index (Phi) is 5.25. The summed E-state index contributed by atoms with van der Waals surface area (Å²) in [6.07, 6.45) is 3.53. The predicted molar refractivity (Wildman–Crippen MR) is 59.7 cm³/mol. The molecule has 1 aliphatic rings. The number of carbonyl (C=O) groups excluding carboxylic acids is 2. The lowest BCUT2D eigenvalue weighted by Gasteiger charge is -2.28. The van der Waals surface area contributed by atoms with Gasteiger partial charge in [0.1, 0.15) is 0 Å². The standard InChI is InChI=1S/C11H20N2O3/c1-8(14)12-7-6-11(16)13-9-4-2-3-5-10(9)15/h9-10,15H,2-7H2,1H3,(H,12,14)(H,13,16). The summed E-state index contributed by atoms with van der Waals surface area (Å²) in [5.41, 5.74) is 0. The largest absolute Gasteiger partial charge is 0.391 e. The molecule has 1 aliphatic carbocycles. The molecule has 0 saturated heterocycles. The molecule has 0 bridgehead atoms. The maximum Gasteiger partial charge on any atom is 0.222 e. The van der Waals surface area contributed by atoms with Crippen LogP contribution in [0.5, 0.6) is 0 Å². The van der Waals surface area contributed by atoms with Gasteiger partial charge < -0.3 is 15.7 Å². The lowest BCUT2D eigenvalue weighted by Crippen LogP contribution is -2.45. The number of rotatable bonds is 4. The van der Waals surface area contributed by atoms with Crippen LogP contribution in [0.15, 0.2) is 0 Å². The molecule has 5 heteroatoms. The van der Waals surface area contributed by atoms with Gasteiger partial charge in [-0.2, -0.15) is 0 Å². The molecule has 0 aromatic rings. The van der Waals surface area contributed by atoms with Crippen LogP contribution in [0.25, 0.3) is 0 Å². The molecule has 2 atom stereocenters. The molecule has 0 radical (unpaired) electrons. The van der Waals surface area contributed by atoms with Gasteiger partial charge in [-0.3, -0.25) is 9.59 Å². The summed E-state index contributed by atoms with van der Waals surface area (Å²) in [6, 6.07) is -0.112. The Morgan fingerprint density at radius 3 is 2.62 bits per heavy atom. The van der Waals surface area contributed by atoms with Gasteiger partial charge in [0.15, 0.2) is 0 Å². The SMILES string of the molecule is CC(=O)NCCC(=O)NC1CCCCC1O. The Bertz CT molecular complexity index is 256. The van der Waals surface area contributed by atoms with Crippen LogP contribution in [-0.4, -0.2) is 35.6 Å². The van der Waals surface area contributed by atoms with Gasteiger partial charge in [-0.15, -0.1) is 0 Å². The average Bonchev–Trinajstić information content (AvgIpc) is 2.21. The highest BCUT2D eigenvalue weighted by molar-refractivity contribution is 5.78. The van der Waals surface area contributed by atoms with E-state index in [0.29, 0.717) is 6.54 Å². The van der Waals surface area contributed by atoms with Crippen molar-refractivity contribution in [2.75, 3.05) is 6.54 Å². The highest BCUT2D eigenvalue weighted by Gasteiger charge is 2.23. The number of aliphatic hydroxyl groups excluding tert-OH is 1. The zero-order valence-corrected chi connectivity index (χ0v) is 9.66. The second-order valence-corrected chi connectivity index (χ2v) is 4.26. The average molecular weight is 228 g/mol. The lowest BCUT2D eigenvalue weighted by molar-refractivity contribution is -0.123. The van der Waals surface area contributed by atoms with Gasteiger partial charge >= 0.3 is 0 Å². The van der Waals surface area contributed by atoms with Crippen LogP contribution in [0.1, 0.15) is 39.0 Å². The molecule has 92 valence electrons. The first kappa shape index (κ1) is 13.0. The summed E-state index contributed by atoms with van der Waals surface area (Å²) in [6.45, 7) is 1.77. The van der Waals surface area contributed by atoms with Gasteiger partial charge in [-0.1, -0.05) is 12.8 Å². The maximum atomic E-state index is 11.5. The van der Waals surface area contributed by atoms with Crippen LogP contribution in [-0.2, 0) is 9.59 Å². The van der Waals surface area contributed by atoms with Crippen molar-refractivity contribution in [3.05, 3.63) is 0 Å². The molecular weight excluding hydrogens is 208 g/mol. The van der Waals surface area contributed by atoms with E-state index in [0.717, 1.165) is 25.7 Å². The highest BCUT2D eigenvalue weighted by atomic mass is 16.3. The molecule has 2 unspecified atom stereocenters. The van der Waals surface area contributed by atoms with Crippen molar-refractivity contribution in [3.63, 3.8) is 0 Å². The summed E-state index contributed by atoms with van der Waals surface area (Å²) < 4.78 is 0. The minimum atomic E-state index is -0.418. The van der Waals surface area contributed by atoms with Crippen LogP contribution < -0.4 is 10.6 Å². The Morgan fingerprint density at radius 2 is 2.00 bits per heavy atom. The summed E-state index contributed by atoms with van der Waals surface area (Å²) >= 11 is 0. The highest BCUT2D eigenvalue weighted by Crippen LogP contribution is 2.18. The molecule has 3 N–H and O–H groups in total. The number of hydrogen-bond donors (Lipinski definition) is 3. The third-order valence-corrected chi connectivity index (χ3v) is 2.80. The topological polar surface area (TPSA) is 78.4 Å². The Morgan fingerprint density at radius 1 is 1.31 bits per heavy atom. The molecule has 1 fully saturated rings. The molecule has 0 aromatic carbocycles. The maximum absolute atomic E-state index is 11.5. The summed E-state index contributed by atoms with van der Waals surface area (Å²) in [4.78, 5) is 22.0. The van der Waals surface area contributed by atoms with Gasteiger partial charge in [0, 0.05) is 19.9 Å². The minimum Gasteiger partial charge on any atom is -0.391 e. The minimum absolute atomic E-state index is 0.111. The van der Waals surface area contributed by atoms with Crippen molar-refractivity contribution in [1.29, 1.82) is 0 Å². The fourth-order valence-electron chi connectivity index (χ4n) is 1.91. The third-order valence-electron chi connectivity index (χ3n) is 2.80. The Balaban J connectivity index is 2.19. The number of nitrogens with one attached hydrogen (secondary N) is 2. The first-order valence-electron chi connectivity index (χ1n) is 5.81. The monoisotopic (exact) mass is 228 g/mol. The molecular formula is C11H20N2O3. The normalized spacial score (nSPS) is 24.9. The molecule has 0 heterocycles. The quantitative estimate of drug-likeness (QED) is 0.630. The van der Waals surface area contributed by atoms with E-state index in [9.17, 15) is 14.7 Å². The van der Waals surface area contributed by atoms with E-state index >= 15 is 0 Å². The molecule has 1 rings (SSSR count). The van der Waals surface area contributed by atoms with E-state index in [1.54, 1.807) is 0 Å². The number of carbonyl (C=O) groups is 2. The van der Waals surface area contributed by atoms with Gasteiger partial charge in [-0.25, -0.2) is 0 Å². The second kappa shape index (κ2) is 6.48. The number of hydrogen-bond acceptors (Lipinski definition) is 3. The summed E-state index contributed by atoms with van der Waals surface area (Å²) in [7, 11) is 0. The smallest absolute Gasteiger partial charge is 0.222 e. The lowest BCUT2D eigenvalue weighted by atomic mass is 9.92. The summed E-state index contributed by atoms with van der Waals surface area (Å²) in [5, 5.41) is 15.0. The van der Waals surface area contributed by atoms with E-state index in [1.165, 1.54) is 6.92 Å². The van der Waals surface area contributed by atoms with E-state index in [2.05, 4.69) is 10.6 Å². The molecule has 0 spiro atoms. The van der Waals surface area contributed by atoms with Crippen molar-refractivity contribution in [2.24, 2.45) is 0 Å². The summed E-state index contributed by atoms with van der Waals surface area (Å²) in [5.74, 6) is -0.245. The van der Waals surface area contributed by atoms with Crippen molar-refractivity contribution in [2.45, 2.75) is 51.2 Å². The van der Waals surface area contributed by atoms with E-state index in [-0.39, 0.29) is 24.3 Å². The Hall–Kier alpha value is -1.10. The fourth-order valence-corrected chi connectivity index (χ4v) is 1.91. The van der Waals surface area contributed by atoms with Crippen molar-refractivity contribution in [3.8, 4) is 0 Å². The van der Waals surface area contributed by atoms with Crippen LogP contribution in [0.2, 0.25) is 0 Å². The van der Waals surface area contributed by atoms with Crippen molar-refractivity contribution < 1.29 is 14.7 Å². The molecule has 2 amide bonds. The van der Waals surface area contributed by atoms with Gasteiger partial charge in [0.2, 0.25) is 11.8 Å². The Labute approximate surface area is 95.6 Å². The molecule has 1 saturated carbocycles. The zero-order valence-electron chi connectivity index (χ0n) is 9.66. The first-order valence-corrected chi connectivity index (χ1v) is 5.81. The van der Waals surface area contributed by atoms with Crippen molar-refractivity contribution >= 4 is 11.8 Å². The predicted octanol–water partition coefficient (Wildman–Crippen LogP) is -0.0677. The van der Waals surface area contributed by atoms with Crippen LogP contribution in [0, 0.1) is 0 Å². The molecule has 16 heavy (non-hydrogen) atoms. The number of aliphatic hydroxyl groups is 1.